The first-order chi connectivity index (χ1) is 7.72. The largest absolute Gasteiger partial charge is 0.338 e. The first kappa shape index (κ1) is 11.9. The number of piperidine rings is 1. The van der Waals surface area contributed by atoms with E-state index < -0.39 is 0 Å². The van der Waals surface area contributed by atoms with Crippen molar-refractivity contribution in [3.63, 3.8) is 0 Å². The van der Waals surface area contributed by atoms with Crippen molar-refractivity contribution in [1.82, 2.24) is 10.2 Å². The number of amides is 1. The highest BCUT2D eigenvalue weighted by atomic mass is 16.2. The molecule has 0 spiro atoms. The van der Waals surface area contributed by atoms with E-state index in [9.17, 15) is 4.79 Å². The second-order valence-electron chi connectivity index (χ2n) is 5.37. The molecule has 3 atom stereocenters. The smallest absolute Gasteiger partial charge is 0.239 e. The van der Waals surface area contributed by atoms with Gasteiger partial charge in [0.15, 0.2) is 0 Å². The van der Waals surface area contributed by atoms with Crippen molar-refractivity contribution in [2.24, 2.45) is 5.92 Å². The van der Waals surface area contributed by atoms with Gasteiger partial charge in [-0.1, -0.05) is 13.8 Å². The first-order valence-corrected chi connectivity index (χ1v) is 6.76. The molecule has 1 N–H and O–H groups in total. The average Bonchev–Trinajstić information content (AvgIpc) is 2.76. The molecule has 0 bridgehead atoms. The lowest BCUT2D eigenvalue weighted by Gasteiger charge is -2.33. The lowest BCUT2D eigenvalue weighted by atomic mass is 9.93. The standard InChI is InChI=1S/C13H24N2O/c1-3-11-5-4-8-15(11)13(16)12-9-10(2)6-7-14-12/h10-12,14H,3-9H2,1-2H3. The summed E-state index contributed by atoms with van der Waals surface area (Å²) >= 11 is 0. The summed E-state index contributed by atoms with van der Waals surface area (Å²) in [4.78, 5) is 14.5. The molecule has 2 aliphatic heterocycles. The fourth-order valence-electron chi connectivity index (χ4n) is 3.05. The molecule has 0 radical (unpaired) electrons. The van der Waals surface area contributed by atoms with Crippen LogP contribution in [0.4, 0.5) is 0 Å². The van der Waals surface area contributed by atoms with Crippen LogP contribution in [0.5, 0.6) is 0 Å². The molecule has 3 nitrogen and oxygen atoms in total. The molecule has 1 amide bonds. The Morgan fingerprint density at radius 2 is 2.25 bits per heavy atom. The van der Waals surface area contributed by atoms with E-state index in [1.165, 1.54) is 19.3 Å². The van der Waals surface area contributed by atoms with Gasteiger partial charge in [0.1, 0.15) is 0 Å². The predicted molar refractivity (Wildman–Crippen MR) is 65.2 cm³/mol. The molecular weight excluding hydrogens is 200 g/mol. The molecule has 0 aromatic heterocycles. The van der Waals surface area contributed by atoms with E-state index in [4.69, 9.17) is 0 Å². The minimum atomic E-state index is 0.0934. The summed E-state index contributed by atoms with van der Waals surface area (Å²) in [6, 6.07) is 0.599. The third kappa shape index (κ3) is 2.40. The highest BCUT2D eigenvalue weighted by Crippen LogP contribution is 2.23. The molecule has 2 fully saturated rings. The van der Waals surface area contributed by atoms with Crippen LogP contribution in [0.15, 0.2) is 0 Å². The summed E-state index contributed by atoms with van der Waals surface area (Å²) in [5.41, 5.74) is 0. The van der Waals surface area contributed by atoms with Crippen molar-refractivity contribution in [3.8, 4) is 0 Å². The van der Waals surface area contributed by atoms with Gasteiger partial charge in [-0.15, -0.1) is 0 Å². The van der Waals surface area contributed by atoms with Gasteiger partial charge in [-0.25, -0.2) is 0 Å². The fraction of sp³-hybridized carbons (Fsp3) is 0.923. The zero-order valence-corrected chi connectivity index (χ0v) is 10.5. The highest BCUT2D eigenvalue weighted by Gasteiger charge is 2.33. The Morgan fingerprint density at radius 3 is 2.94 bits per heavy atom. The fourth-order valence-corrected chi connectivity index (χ4v) is 3.05. The van der Waals surface area contributed by atoms with Crippen molar-refractivity contribution < 1.29 is 4.79 Å². The molecule has 0 aliphatic carbocycles. The normalized spacial score (nSPS) is 35.4. The van der Waals surface area contributed by atoms with Crippen LogP contribution in [-0.2, 0) is 4.79 Å². The van der Waals surface area contributed by atoms with E-state index in [-0.39, 0.29) is 6.04 Å². The van der Waals surface area contributed by atoms with E-state index in [0.717, 1.165) is 25.9 Å². The monoisotopic (exact) mass is 224 g/mol. The second-order valence-corrected chi connectivity index (χ2v) is 5.37. The summed E-state index contributed by atoms with van der Waals surface area (Å²) in [5.74, 6) is 1.05. The third-order valence-corrected chi connectivity index (χ3v) is 4.10. The van der Waals surface area contributed by atoms with E-state index in [2.05, 4.69) is 24.1 Å². The van der Waals surface area contributed by atoms with Gasteiger partial charge in [0.2, 0.25) is 5.91 Å². The number of nitrogens with one attached hydrogen (secondary N) is 1. The lowest BCUT2D eigenvalue weighted by Crippen LogP contribution is -2.51. The van der Waals surface area contributed by atoms with Gasteiger partial charge in [0.25, 0.3) is 0 Å². The molecule has 16 heavy (non-hydrogen) atoms. The van der Waals surface area contributed by atoms with Gasteiger partial charge in [-0.2, -0.15) is 0 Å². The Hall–Kier alpha value is -0.570. The molecule has 0 aromatic carbocycles. The van der Waals surface area contributed by atoms with Crippen LogP contribution in [-0.4, -0.2) is 36.0 Å². The number of carbonyl (C=O) groups is 1. The Balaban J connectivity index is 1.95. The van der Waals surface area contributed by atoms with Crippen molar-refractivity contribution in [1.29, 1.82) is 0 Å². The Morgan fingerprint density at radius 1 is 1.44 bits per heavy atom. The molecule has 2 aliphatic rings. The van der Waals surface area contributed by atoms with Gasteiger partial charge >= 0.3 is 0 Å². The quantitative estimate of drug-likeness (QED) is 0.775. The van der Waals surface area contributed by atoms with Gasteiger partial charge in [0.05, 0.1) is 6.04 Å². The number of carbonyl (C=O) groups excluding carboxylic acids is 1. The summed E-state index contributed by atoms with van der Waals surface area (Å²) in [7, 11) is 0. The van der Waals surface area contributed by atoms with E-state index in [1.54, 1.807) is 0 Å². The van der Waals surface area contributed by atoms with Gasteiger partial charge in [-0.05, 0) is 44.6 Å². The molecule has 2 heterocycles. The maximum atomic E-state index is 12.4. The van der Waals surface area contributed by atoms with Gasteiger partial charge < -0.3 is 10.2 Å². The Labute approximate surface area is 98.6 Å². The van der Waals surface area contributed by atoms with E-state index in [0.29, 0.717) is 17.9 Å². The number of hydrogen-bond donors (Lipinski definition) is 1. The van der Waals surface area contributed by atoms with E-state index in [1.807, 2.05) is 0 Å². The first-order valence-electron chi connectivity index (χ1n) is 6.76. The zero-order valence-electron chi connectivity index (χ0n) is 10.5. The molecule has 3 unspecified atom stereocenters. The predicted octanol–water partition coefficient (Wildman–Crippen LogP) is 1.78. The van der Waals surface area contributed by atoms with Crippen LogP contribution in [0, 0.1) is 5.92 Å². The Kier molecular flexibility index (Phi) is 3.85. The maximum Gasteiger partial charge on any atom is 0.239 e. The molecule has 2 rings (SSSR count). The number of likely N-dealkylation sites (tertiary alicyclic amines) is 1. The minimum Gasteiger partial charge on any atom is -0.338 e. The molecule has 0 aromatic rings. The Bertz CT molecular complexity index is 254. The number of nitrogens with zero attached hydrogens (tertiary/aromatic N) is 1. The maximum absolute atomic E-state index is 12.4. The zero-order chi connectivity index (χ0) is 11.5. The van der Waals surface area contributed by atoms with Crippen LogP contribution in [0.1, 0.15) is 46.0 Å². The summed E-state index contributed by atoms with van der Waals surface area (Å²) in [6.07, 6.45) is 5.72. The average molecular weight is 224 g/mol. The minimum absolute atomic E-state index is 0.0934. The van der Waals surface area contributed by atoms with Crippen LogP contribution in [0.2, 0.25) is 0 Å². The second kappa shape index (κ2) is 5.17. The molecule has 2 saturated heterocycles. The van der Waals surface area contributed by atoms with Gasteiger partial charge in [0, 0.05) is 12.6 Å². The SMILES string of the molecule is CCC1CCCN1C(=O)C1CC(C)CCN1. The van der Waals surface area contributed by atoms with Crippen molar-refractivity contribution in [3.05, 3.63) is 0 Å². The highest BCUT2D eigenvalue weighted by molar-refractivity contribution is 5.82. The summed E-state index contributed by atoms with van der Waals surface area (Å²) in [6.45, 7) is 6.42. The lowest BCUT2D eigenvalue weighted by molar-refractivity contribution is -0.135. The van der Waals surface area contributed by atoms with Crippen LogP contribution in [0.25, 0.3) is 0 Å². The van der Waals surface area contributed by atoms with Crippen molar-refractivity contribution >= 4 is 5.91 Å². The summed E-state index contributed by atoms with van der Waals surface area (Å²) in [5, 5.41) is 3.38. The number of hydrogen-bond acceptors (Lipinski definition) is 2. The van der Waals surface area contributed by atoms with Crippen molar-refractivity contribution in [2.45, 2.75) is 58.0 Å². The summed E-state index contributed by atoms with van der Waals surface area (Å²) < 4.78 is 0. The van der Waals surface area contributed by atoms with E-state index >= 15 is 0 Å². The molecular formula is C13H24N2O. The van der Waals surface area contributed by atoms with Crippen molar-refractivity contribution in [2.75, 3.05) is 13.1 Å². The third-order valence-electron chi connectivity index (χ3n) is 4.10. The van der Waals surface area contributed by atoms with Crippen LogP contribution in [0.3, 0.4) is 0 Å². The molecule has 92 valence electrons. The number of rotatable bonds is 2. The van der Waals surface area contributed by atoms with Crippen LogP contribution < -0.4 is 5.32 Å². The van der Waals surface area contributed by atoms with Crippen LogP contribution >= 0.6 is 0 Å². The topological polar surface area (TPSA) is 32.3 Å². The van der Waals surface area contributed by atoms with Gasteiger partial charge in [-0.3, -0.25) is 4.79 Å². The molecule has 0 saturated carbocycles. The molecule has 3 heteroatoms.